The Labute approximate surface area is 546 Å². The Kier molecular flexibility index (Phi) is 11.0. The number of aromatic nitrogens is 5. The van der Waals surface area contributed by atoms with Gasteiger partial charge in [-0.05, 0) is 178 Å². The molecule has 0 atom stereocenters. The first-order chi connectivity index (χ1) is 47.5. The van der Waals surface area contributed by atoms with Crippen molar-refractivity contribution in [3.63, 3.8) is 0 Å². The Bertz CT molecular complexity index is 6530. The zero-order valence-corrected chi connectivity index (χ0v) is 51.2. The van der Waals surface area contributed by atoms with Crippen molar-refractivity contribution < 1.29 is 17.7 Å². The molecular formula is C87H49N5O4. The molecule has 0 aliphatic carbocycles. The van der Waals surface area contributed by atoms with E-state index < -0.39 is 0 Å². The van der Waals surface area contributed by atoms with Gasteiger partial charge in [-0.25, -0.2) is 4.98 Å². The maximum atomic E-state index is 6.59. The van der Waals surface area contributed by atoms with E-state index in [-0.39, 0.29) is 0 Å². The summed E-state index contributed by atoms with van der Waals surface area (Å²) in [6.45, 7) is 0. The Balaban J connectivity index is 0.810. The predicted molar refractivity (Wildman–Crippen MR) is 390 cm³/mol. The number of rotatable bonds is 8. The first-order valence-corrected chi connectivity index (χ1v) is 32.3. The van der Waals surface area contributed by atoms with E-state index in [1.165, 1.54) is 0 Å². The van der Waals surface area contributed by atoms with Crippen molar-refractivity contribution >= 4 is 131 Å². The average molecular weight is 1230 g/mol. The van der Waals surface area contributed by atoms with Crippen molar-refractivity contribution in [1.29, 1.82) is 0 Å². The molecule has 9 heteroatoms. The van der Waals surface area contributed by atoms with Crippen molar-refractivity contribution in [2.45, 2.75) is 0 Å². The van der Waals surface area contributed by atoms with Gasteiger partial charge in [0.15, 0.2) is 11.6 Å². The van der Waals surface area contributed by atoms with Crippen LogP contribution in [0.5, 0.6) is 0 Å². The standard InChI is InChI=1S/C87H49N5O4/c1-3-15-50(16-4-1)52-27-35-79-68(44-52)70-46-54(29-37-81(70)95-79)58-41-59(55-30-38-82-71(47-55)69-45-53(28-36-80(69)96-82)51-17-5-2-6-18-51)43-60(42-58)91-73-24-12-8-22-65(73)83-74(91)34-33-64-61-19-7-11-23-72(61)92(84(64)83)87-89-85(56-31-39-77-66(48-56)62-20-9-13-25-75(62)93-77)88-86(90-87)57-32-40-78-67(49-57)63-21-10-14-26-76(63)94-78/h1-49H. The molecule has 7 aromatic heterocycles. The van der Waals surface area contributed by atoms with Crippen LogP contribution >= 0.6 is 0 Å². The van der Waals surface area contributed by atoms with Crippen LogP contribution in [0.4, 0.5) is 0 Å². The Morgan fingerprint density at radius 2 is 0.573 bits per heavy atom. The smallest absolute Gasteiger partial charge is 0.238 e. The molecule has 0 spiro atoms. The minimum atomic E-state index is 0.486. The SMILES string of the molecule is c1ccc(-c2ccc3oc4ccc(-c5cc(-c6ccc7oc8ccc(-c9ccccc9)cc8c7c6)cc(-n6c7ccccc7c7c6ccc6c8ccccc8n(-c8nc(-c9ccc%10oc%11ccccc%11c%10c9)nc(-c9ccc%10oc%11ccccc%11c%10c9)n8)c67)c5)cc4c3c2)cc1. The van der Waals surface area contributed by atoms with E-state index in [9.17, 15) is 0 Å². The van der Waals surface area contributed by atoms with E-state index in [4.69, 9.17) is 32.6 Å². The quantitative estimate of drug-likeness (QED) is 0.149. The summed E-state index contributed by atoms with van der Waals surface area (Å²) in [4.78, 5) is 16.5. The molecule has 21 rings (SSSR count). The van der Waals surface area contributed by atoms with Gasteiger partial charge in [0, 0.05) is 81.4 Å². The van der Waals surface area contributed by atoms with Crippen LogP contribution in [-0.4, -0.2) is 24.1 Å². The lowest BCUT2D eigenvalue weighted by Gasteiger charge is -2.15. The van der Waals surface area contributed by atoms with E-state index >= 15 is 0 Å². The minimum absolute atomic E-state index is 0.486. The highest BCUT2D eigenvalue weighted by Gasteiger charge is 2.26. The summed E-state index contributed by atoms with van der Waals surface area (Å²) in [6, 6.07) is 105. The fraction of sp³-hybridized carbons (Fsp3) is 0. The first-order valence-electron chi connectivity index (χ1n) is 32.3. The molecule has 21 aromatic rings. The fourth-order valence-corrected chi connectivity index (χ4v) is 15.1. The predicted octanol–water partition coefficient (Wildman–Crippen LogP) is 23.7. The maximum Gasteiger partial charge on any atom is 0.238 e. The van der Waals surface area contributed by atoms with Crippen LogP contribution in [-0.2, 0) is 0 Å². The highest BCUT2D eigenvalue weighted by atomic mass is 16.3. The van der Waals surface area contributed by atoms with Gasteiger partial charge < -0.3 is 22.2 Å². The fourth-order valence-electron chi connectivity index (χ4n) is 15.1. The van der Waals surface area contributed by atoms with Crippen molar-refractivity contribution in [2.75, 3.05) is 0 Å². The third kappa shape index (κ3) is 8.01. The summed E-state index contributed by atoms with van der Waals surface area (Å²) < 4.78 is 30.6. The van der Waals surface area contributed by atoms with Gasteiger partial charge in [-0.1, -0.05) is 164 Å². The van der Waals surface area contributed by atoms with Crippen molar-refractivity contribution in [1.82, 2.24) is 24.1 Å². The van der Waals surface area contributed by atoms with E-state index in [1.54, 1.807) is 0 Å². The van der Waals surface area contributed by atoms with Crippen LogP contribution in [0.1, 0.15) is 0 Å². The molecule has 0 bridgehead atoms. The Morgan fingerprint density at radius 3 is 1.05 bits per heavy atom. The largest absolute Gasteiger partial charge is 0.456 e. The van der Waals surface area contributed by atoms with Gasteiger partial charge in [0.05, 0.1) is 22.1 Å². The number of nitrogens with zero attached hydrogens (tertiary/aromatic N) is 5. The lowest BCUT2D eigenvalue weighted by molar-refractivity contribution is 0.668. The third-order valence-corrected chi connectivity index (χ3v) is 19.6. The van der Waals surface area contributed by atoms with E-state index in [2.05, 4.69) is 258 Å². The second-order valence-electron chi connectivity index (χ2n) is 25.0. The van der Waals surface area contributed by atoms with E-state index in [1.807, 2.05) is 48.5 Å². The molecule has 0 unspecified atom stereocenters. The topological polar surface area (TPSA) is 101 Å². The third-order valence-electron chi connectivity index (χ3n) is 19.6. The van der Waals surface area contributed by atoms with Crippen molar-refractivity contribution in [2.24, 2.45) is 0 Å². The second kappa shape index (κ2) is 20.2. The van der Waals surface area contributed by atoms with Crippen LogP contribution in [0.25, 0.3) is 210 Å². The molecule has 0 saturated carbocycles. The molecule has 0 amide bonds. The lowest BCUT2D eigenvalue weighted by Crippen LogP contribution is -2.06. The molecule has 0 N–H and O–H groups in total. The van der Waals surface area contributed by atoms with Crippen LogP contribution in [0.2, 0.25) is 0 Å². The van der Waals surface area contributed by atoms with Crippen LogP contribution in [0, 0.1) is 0 Å². The average Bonchev–Trinajstić information content (AvgIpc) is 1.54. The highest BCUT2D eigenvalue weighted by Crippen LogP contribution is 2.46. The Morgan fingerprint density at radius 1 is 0.208 bits per heavy atom. The number of hydrogen-bond donors (Lipinski definition) is 0. The molecule has 0 aliphatic rings. The van der Waals surface area contributed by atoms with Gasteiger partial charge in [0.25, 0.3) is 0 Å². The molecule has 0 aliphatic heterocycles. The number of fused-ring (bicyclic) bond motifs is 19. The summed E-state index contributed by atoms with van der Waals surface area (Å²) >= 11 is 0. The summed E-state index contributed by atoms with van der Waals surface area (Å²) in [5.41, 5.74) is 22.1. The number of para-hydroxylation sites is 4. The molecule has 0 radical (unpaired) electrons. The summed E-state index contributed by atoms with van der Waals surface area (Å²) in [6.07, 6.45) is 0. The minimum Gasteiger partial charge on any atom is -0.456 e. The second-order valence-corrected chi connectivity index (χ2v) is 25.0. The molecule has 14 aromatic carbocycles. The van der Waals surface area contributed by atoms with Gasteiger partial charge in [-0.2, -0.15) is 9.97 Å². The maximum absolute atomic E-state index is 6.59. The lowest BCUT2D eigenvalue weighted by atomic mass is 9.95. The zero-order chi connectivity index (χ0) is 62.7. The van der Waals surface area contributed by atoms with Crippen molar-refractivity contribution in [3.8, 4) is 78.9 Å². The number of hydrogen-bond acceptors (Lipinski definition) is 7. The van der Waals surface area contributed by atoms with Crippen LogP contribution in [0.15, 0.2) is 315 Å². The first kappa shape index (κ1) is 52.5. The van der Waals surface area contributed by atoms with E-state index in [0.717, 1.165) is 193 Å². The van der Waals surface area contributed by atoms with Crippen LogP contribution in [0.3, 0.4) is 0 Å². The molecular weight excluding hydrogens is 1180 g/mol. The molecule has 0 fully saturated rings. The number of benzene rings is 14. The highest BCUT2D eigenvalue weighted by molar-refractivity contribution is 6.26. The monoisotopic (exact) mass is 1230 g/mol. The zero-order valence-electron chi connectivity index (χ0n) is 51.2. The summed E-state index contributed by atoms with van der Waals surface area (Å²) in [7, 11) is 0. The van der Waals surface area contributed by atoms with Gasteiger partial charge in [0.2, 0.25) is 5.95 Å². The molecule has 446 valence electrons. The molecule has 9 nitrogen and oxygen atoms in total. The van der Waals surface area contributed by atoms with Gasteiger partial charge in [-0.3, -0.25) is 4.57 Å². The van der Waals surface area contributed by atoms with Gasteiger partial charge in [-0.15, -0.1) is 0 Å². The Hall–Kier alpha value is -13.1. The van der Waals surface area contributed by atoms with Gasteiger partial charge in [0.1, 0.15) is 44.7 Å². The summed E-state index contributed by atoms with van der Waals surface area (Å²) in [5, 5.41) is 12.5. The summed E-state index contributed by atoms with van der Waals surface area (Å²) in [5.74, 6) is 1.54. The normalized spacial score (nSPS) is 12.2. The van der Waals surface area contributed by atoms with E-state index in [0.29, 0.717) is 17.6 Å². The van der Waals surface area contributed by atoms with Crippen LogP contribution < -0.4 is 0 Å². The van der Waals surface area contributed by atoms with Crippen molar-refractivity contribution in [3.05, 3.63) is 297 Å². The number of furan rings is 4. The van der Waals surface area contributed by atoms with Gasteiger partial charge >= 0.3 is 0 Å². The molecule has 7 heterocycles. The molecule has 0 saturated heterocycles. The molecule has 96 heavy (non-hydrogen) atoms.